The number of benzene rings is 2. The molecule has 0 aliphatic carbocycles. The Morgan fingerprint density at radius 2 is 1.93 bits per heavy atom. The molecule has 0 aromatic heterocycles. The van der Waals surface area contributed by atoms with Gasteiger partial charge in [-0.3, -0.25) is 4.79 Å². The van der Waals surface area contributed by atoms with Crippen molar-refractivity contribution in [3.05, 3.63) is 71.3 Å². The molecule has 28 heavy (non-hydrogen) atoms. The molecule has 0 saturated heterocycles. The average Bonchev–Trinajstić information content (AvgIpc) is 2.69. The van der Waals surface area contributed by atoms with Crippen molar-refractivity contribution in [3.63, 3.8) is 0 Å². The predicted molar refractivity (Wildman–Crippen MR) is 115 cm³/mol. The molecule has 4 nitrogen and oxygen atoms in total. The molecule has 0 aliphatic heterocycles. The fourth-order valence-corrected chi connectivity index (χ4v) is 2.89. The highest BCUT2D eigenvalue weighted by atomic mass is 16.5. The van der Waals surface area contributed by atoms with Gasteiger partial charge in [0.05, 0.1) is 6.61 Å². The summed E-state index contributed by atoms with van der Waals surface area (Å²) in [5, 5.41) is 11.8. The molecule has 1 atom stereocenters. The van der Waals surface area contributed by atoms with Gasteiger partial charge >= 0.3 is 5.97 Å². The van der Waals surface area contributed by atoms with Gasteiger partial charge in [-0.1, -0.05) is 48.6 Å². The summed E-state index contributed by atoms with van der Waals surface area (Å²) in [6, 6.07) is 16.1. The second-order valence-corrected chi connectivity index (χ2v) is 7.03. The predicted octanol–water partition coefficient (Wildman–Crippen LogP) is 4.86. The van der Waals surface area contributed by atoms with E-state index in [1.165, 1.54) is 12.0 Å². The third-order valence-corrected chi connectivity index (χ3v) is 4.67. The van der Waals surface area contributed by atoms with Crippen LogP contribution in [0.5, 0.6) is 5.75 Å². The zero-order valence-electron chi connectivity index (χ0n) is 16.9. The number of carboxylic acids is 1. The van der Waals surface area contributed by atoms with Crippen molar-refractivity contribution in [3.8, 4) is 5.75 Å². The van der Waals surface area contributed by atoms with E-state index in [1.54, 1.807) is 6.92 Å². The molecule has 0 heterocycles. The van der Waals surface area contributed by atoms with E-state index in [1.807, 2.05) is 24.3 Å². The summed E-state index contributed by atoms with van der Waals surface area (Å²) in [7, 11) is 0. The molecule has 2 rings (SSSR count). The number of carboxylic acid groups (broad SMARTS) is 1. The lowest BCUT2D eigenvalue weighted by Crippen LogP contribution is -2.33. The Morgan fingerprint density at radius 1 is 1.14 bits per heavy atom. The highest BCUT2D eigenvalue weighted by molar-refractivity contribution is 5.72. The van der Waals surface area contributed by atoms with E-state index in [2.05, 4.69) is 48.6 Å². The van der Waals surface area contributed by atoms with Gasteiger partial charge < -0.3 is 15.2 Å². The largest absolute Gasteiger partial charge is 0.494 e. The Hall–Kier alpha value is -2.59. The molecule has 0 unspecified atom stereocenters. The first-order valence-corrected chi connectivity index (χ1v) is 9.96. The lowest BCUT2D eigenvalue weighted by atomic mass is 10.1. The minimum absolute atomic E-state index is 0.522. The van der Waals surface area contributed by atoms with E-state index in [9.17, 15) is 4.79 Å². The third kappa shape index (κ3) is 7.97. The highest BCUT2D eigenvalue weighted by Gasteiger charge is 2.07. The van der Waals surface area contributed by atoms with Crippen LogP contribution in [-0.2, 0) is 11.2 Å². The van der Waals surface area contributed by atoms with Gasteiger partial charge in [0.15, 0.2) is 0 Å². The van der Waals surface area contributed by atoms with Crippen LogP contribution in [0.3, 0.4) is 0 Å². The van der Waals surface area contributed by atoms with Gasteiger partial charge in [0.2, 0.25) is 0 Å². The molecule has 2 aromatic carbocycles. The van der Waals surface area contributed by atoms with Crippen molar-refractivity contribution in [1.82, 2.24) is 5.32 Å². The van der Waals surface area contributed by atoms with Gasteiger partial charge in [-0.15, -0.1) is 0 Å². The van der Waals surface area contributed by atoms with Crippen LogP contribution in [0.1, 0.15) is 42.9 Å². The summed E-state index contributed by atoms with van der Waals surface area (Å²) in [5.74, 6) is 0.0569. The van der Waals surface area contributed by atoms with E-state index < -0.39 is 12.0 Å². The smallest absolute Gasteiger partial charge is 0.320 e. The van der Waals surface area contributed by atoms with Crippen LogP contribution in [0, 0.1) is 6.92 Å². The van der Waals surface area contributed by atoms with Crippen LogP contribution in [0.15, 0.2) is 54.6 Å². The Bertz CT molecular complexity index is 756. The maximum Gasteiger partial charge on any atom is 0.320 e. The normalized spacial score (nSPS) is 12.2. The van der Waals surface area contributed by atoms with Gasteiger partial charge in [-0.2, -0.15) is 0 Å². The minimum atomic E-state index is -0.842. The van der Waals surface area contributed by atoms with Crippen molar-refractivity contribution in [1.29, 1.82) is 0 Å². The lowest BCUT2D eigenvalue weighted by molar-refractivity contribution is -0.138. The number of carbonyl (C=O) groups is 1. The van der Waals surface area contributed by atoms with E-state index in [0.717, 1.165) is 42.7 Å². The lowest BCUT2D eigenvalue weighted by Gasteiger charge is -2.09. The zero-order valence-corrected chi connectivity index (χ0v) is 16.9. The van der Waals surface area contributed by atoms with Crippen LogP contribution in [0.25, 0.3) is 6.08 Å². The molecule has 0 amide bonds. The zero-order chi connectivity index (χ0) is 20.2. The molecular weight excluding hydrogens is 350 g/mol. The van der Waals surface area contributed by atoms with Crippen molar-refractivity contribution in [2.45, 2.75) is 45.6 Å². The summed E-state index contributed by atoms with van der Waals surface area (Å²) in [6.07, 6.45) is 8.47. The molecule has 0 saturated carbocycles. The van der Waals surface area contributed by atoms with Crippen LogP contribution < -0.4 is 10.1 Å². The molecule has 0 spiro atoms. The van der Waals surface area contributed by atoms with Crippen LogP contribution in [0.4, 0.5) is 0 Å². The first kappa shape index (κ1) is 21.7. The third-order valence-electron chi connectivity index (χ3n) is 4.67. The van der Waals surface area contributed by atoms with E-state index >= 15 is 0 Å². The molecule has 2 N–H and O–H groups in total. The van der Waals surface area contributed by atoms with Gasteiger partial charge in [0, 0.05) is 6.54 Å². The standard InChI is InChI=1S/C24H31NO3/c1-19-18-23(15-14-22(19)13-9-16-25-20(2)24(26)27)28-17-8-4-7-12-21-10-5-3-6-11-21/h3,5-6,9-11,13-15,18,20,25H,4,7-8,12,16-17H2,1-2H3,(H,26,27)/b13-9+/t20-/m0/s1. The number of aryl methyl sites for hydroxylation is 2. The van der Waals surface area contributed by atoms with Crippen molar-refractivity contribution in [2.75, 3.05) is 13.2 Å². The molecule has 0 bridgehead atoms. The second-order valence-electron chi connectivity index (χ2n) is 7.03. The van der Waals surface area contributed by atoms with Crippen molar-refractivity contribution in [2.24, 2.45) is 0 Å². The summed E-state index contributed by atoms with van der Waals surface area (Å²) in [4.78, 5) is 10.8. The highest BCUT2D eigenvalue weighted by Crippen LogP contribution is 2.19. The molecule has 150 valence electrons. The fraction of sp³-hybridized carbons (Fsp3) is 0.375. The summed E-state index contributed by atoms with van der Waals surface area (Å²) >= 11 is 0. The topological polar surface area (TPSA) is 58.6 Å². The SMILES string of the molecule is Cc1cc(OCCCCCc2ccccc2)ccc1/C=C/CN[C@@H](C)C(=O)O. The molecule has 0 fully saturated rings. The first-order valence-electron chi connectivity index (χ1n) is 9.96. The second kappa shape index (κ2) is 12.0. The number of unbranched alkanes of at least 4 members (excludes halogenated alkanes) is 2. The van der Waals surface area contributed by atoms with E-state index in [-0.39, 0.29) is 0 Å². The van der Waals surface area contributed by atoms with Gasteiger partial charge in [-0.05, 0) is 68.4 Å². The van der Waals surface area contributed by atoms with E-state index in [0.29, 0.717) is 6.54 Å². The number of hydrogen-bond donors (Lipinski definition) is 2. The van der Waals surface area contributed by atoms with Crippen LogP contribution in [-0.4, -0.2) is 30.3 Å². The Balaban J connectivity index is 1.66. The van der Waals surface area contributed by atoms with Gasteiger partial charge in [0.1, 0.15) is 11.8 Å². The molecule has 4 heteroatoms. The Morgan fingerprint density at radius 3 is 2.64 bits per heavy atom. The number of ether oxygens (including phenoxy) is 1. The Kier molecular flexibility index (Phi) is 9.29. The van der Waals surface area contributed by atoms with Gasteiger partial charge in [0.25, 0.3) is 0 Å². The summed E-state index contributed by atoms with van der Waals surface area (Å²) in [6.45, 7) is 4.95. The van der Waals surface area contributed by atoms with Crippen LogP contribution >= 0.6 is 0 Å². The van der Waals surface area contributed by atoms with Crippen molar-refractivity contribution >= 4 is 12.0 Å². The fourth-order valence-electron chi connectivity index (χ4n) is 2.89. The monoisotopic (exact) mass is 381 g/mol. The number of nitrogens with one attached hydrogen (secondary N) is 1. The summed E-state index contributed by atoms with van der Waals surface area (Å²) < 4.78 is 5.88. The van der Waals surface area contributed by atoms with Gasteiger partial charge in [-0.25, -0.2) is 0 Å². The summed E-state index contributed by atoms with van der Waals surface area (Å²) in [5.41, 5.74) is 3.65. The van der Waals surface area contributed by atoms with Crippen LogP contribution in [0.2, 0.25) is 0 Å². The maximum atomic E-state index is 10.8. The average molecular weight is 382 g/mol. The molecular formula is C24H31NO3. The maximum absolute atomic E-state index is 10.8. The number of aliphatic carboxylic acids is 1. The minimum Gasteiger partial charge on any atom is -0.494 e. The first-order chi connectivity index (χ1) is 13.6. The molecule has 0 radical (unpaired) electrons. The number of hydrogen-bond acceptors (Lipinski definition) is 3. The number of rotatable bonds is 12. The quantitative estimate of drug-likeness (QED) is 0.515. The van der Waals surface area contributed by atoms with Crippen molar-refractivity contribution < 1.29 is 14.6 Å². The molecule has 0 aliphatic rings. The van der Waals surface area contributed by atoms with E-state index in [4.69, 9.17) is 9.84 Å². The molecule has 2 aromatic rings. The Labute approximate surface area is 168 Å².